The lowest BCUT2D eigenvalue weighted by Gasteiger charge is -2.17. The van der Waals surface area contributed by atoms with Gasteiger partial charge in [0.15, 0.2) is 22.2 Å². The van der Waals surface area contributed by atoms with E-state index < -0.39 is 48.1 Å². The Morgan fingerprint density at radius 3 is 1.33 bits per heavy atom. The molecule has 0 aliphatic heterocycles. The van der Waals surface area contributed by atoms with Crippen LogP contribution in [0.25, 0.3) is 0 Å². The van der Waals surface area contributed by atoms with Gasteiger partial charge in [-0.2, -0.15) is 16.8 Å². The van der Waals surface area contributed by atoms with Crippen molar-refractivity contribution in [1.82, 2.24) is 0 Å². The van der Waals surface area contributed by atoms with E-state index in [0.717, 1.165) is 12.1 Å². The lowest BCUT2D eigenvalue weighted by Crippen LogP contribution is -2.12. The Balaban J connectivity index is 1.38. The third-order valence-corrected chi connectivity index (χ3v) is 8.64. The molecule has 0 unspecified atom stereocenters. The summed E-state index contributed by atoms with van der Waals surface area (Å²) >= 11 is 0. The molecule has 0 aromatic heterocycles. The molecule has 5 rings (SSSR count). The molecule has 0 aliphatic rings. The molecule has 0 fully saturated rings. The van der Waals surface area contributed by atoms with E-state index >= 15 is 0 Å². The highest BCUT2D eigenvalue weighted by Gasteiger charge is 2.31. The number of hydrogen-bond acceptors (Lipinski definition) is 8. The van der Waals surface area contributed by atoms with Gasteiger partial charge in [0, 0.05) is 22.3 Å². The second-order valence-corrected chi connectivity index (χ2v) is 12.8. The fourth-order valence-corrected chi connectivity index (χ4v) is 6.04. The first-order valence-electron chi connectivity index (χ1n) is 13.7. The summed E-state index contributed by atoms with van der Waals surface area (Å²) in [5.74, 6) is -1.71. The Bertz CT molecular complexity index is 2090. The lowest BCUT2D eigenvalue weighted by atomic mass is 10.0. The Kier molecular flexibility index (Phi) is 9.44. The van der Waals surface area contributed by atoms with E-state index in [2.05, 4.69) is 0 Å². The third-order valence-electron chi connectivity index (χ3n) is 6.86. The van der Waals surface area contributed by atoms with E-state index in [1.807, 2.05) is 0 Å². The van der Waals surface area contributed by atoms with Gasteiger partial charge in [0.05, 0.1) is 0 Å². The number of carbonyl (C=O) groups is 2. The molecule has 0 saturated heterocycles. The number of hydrogen-bond donors (Lipinski definition) is 2. The van der Waals surface area contributed by atoms with Crippen LogP contribution in [0.15, 0.2) is 131 Å². The lowest BCUT2D eigenvalue weighted by molar-refractivity contribution is 0.103. The zero-order valence-corrected chi connectivity index (χ0v) is 25.6. The molecule has 5 aromatic carbocycles. The van der Waals surface area contributed by atoms with Gasteiger partial charge < -0.3 is 9.47 Å². The Hall–Kier alpha value is -5.14. The number of ketones is 2. The van der Waals surface area contributed by atoms with Crippen LogP contribution in [-0.2, 0) is 33.5 Å². The van der Waals surface area contributed by atoms with Crippen LogP contribution in [0.1, 0.15) is 43.0 Å². The topological polar surface area (TPSA) is 161 Å². The van der Waals surface area contributed by atoms with Gasteiger partial charge in [-0.15, -0.1) is 0 Å². The van der Waals surface area contributed by atoms with E-state index in [4.69, 9.17) is 9.47 Å². The number of carbonyl (C=O) groups excluding carboxylic acids is 2. The summed E-state index contributed by atoms with van der Waals surface area (Å²) in [4.78, 5) is 23.5. The number of rotatable bonds is 12. The fraction of sp³-hybridized carbons (Fsp3) is 0.0588. The molecular formula is C34H26O10S2. The van der Waals surface area contributed by atoms with Crippen LogP contribution in [0.4, 0.5) is 0 Å². The highest BCUT2D eigenvalue weighted by atomic mass is 32.2. The summed E-state index contributed by atoms with van der Waals surface area (Å²) in [5.41, 5.74) is 2.73. The summed E-state index contributed by atoms with van der Waals surface area (Å²) in [5, 5.41) is 0. The highest BCUT2D eigenvalue weighted by molar-refractivity contribution is 7.87. The van der Waals surface area contributed by atoms with Gasteiger partial charge in [0.25, 0.3) is 10.1 Å². The summed E-state index contributed by atoms with van der Waals surface area (Å²) in [6.07, 6.45) is 0. The first kappa shape index (κ1) is 32.3. The summed E-state index contributed by atoms with van der Waals surface area (Å²) in [6, 6.07) is 31.6. The molecule has 10 nitrogen and oxygen atoms in total. The van der Waals surface area contributed by atoms with Gasteiger partial charge in [0.1, 0.15) is 23.9 Å². The van der Waals surface area contributed by atoms with E-state index in [-0.39, 0.29) is 18.2 Å². The van der Waals surface area contributed by atoms with Gasteiger partial charge in [-0.25, -0.2) is 0 Å². The van der Waals surface area contributed by atoms with Crippen molar-refractivity contribution in [2.75, 3.05) is 0 Å². The van der Waals surface area contributed by atoms with Crippen LogP contribution < -0.4 is 9.47 Å². The van der Waals surface area contributed by atoms with Gasteiger partial charge in [-0.05, 0) is 23.3 Å². The van der Waals surface area contributed by atoms with Gasteiger partial charge in [0.2, 0.25) is 0 Å². The van der Waals surface area contributed by atoms with Gasteiger partial charge >= 0.3 is 10.1 Å². The summed E-state index contributed by atoms with van der Waals surface area (Å²) in [7, 11) is -10.2. The maximum absolute atomic E-state index is 12.7. The average Bonchev–Trinajstić information content (AvgIpc) is 3.05. The van der Waals surface area contributed by atoms with Crippen LogP contribution in [0.3, 0.4) is 0 Å². The second-order valence-electron chi connectivity index (χ2n) is 10.0. The molecule has 46 heavy (non-hydrogen) atoms. The maximum Gasteiger partial charge on any atom is 0.302 e. The van der Waals surface area contributed by atoms with Crippen molar-refractivity contribution in [1.29, 1.82) is 0 Å². The Morgan fingerprint density at radius 1 is 0.500 bits per heavy atom. The molecule has 0 saturated carbocycles. The molecule has 0 aliphatic carbocycles. The zero-order valence-electron chi connectivity index (χ0n) is 23.9. The Morgan fingerprint density at radius 2 is 0.913 bits per heavy atom. The van der Waals surface area contributed by atoms with Gasteiger partial charge in [-0.3, -0.25) is 18.7 Å². The second kappa shape index (κ2) is 13.5. The minimum absolute atomic E-state index is 0.193. The molecule has 0 atom stereocenters. The molecular weight excluding hydrogens is 632 g/mol. The van der Waals surface area contributed by atoms with Crippen molar-refractivity contribution in [2.24, 2.45) is 0 Å². The van der Waals surface area contributed by atoms with E-state index in [9.17, 15) is 35.5 Å². The van der Waals surface area contributed by atoms with E-state index in [0.29, 0.717) is 33.4 Å². The standard InChI is InChI=1S/C34H26O10S2/c35-31(25-7-3-1-4-8-25)27-15-11-23(12-16-27)21-43-29-19-20-30(45(37,38)39)33(34(29)46(40,41)42)44-22-24-13-17-28(18-14-24)32(36)26-9-5-2-6-10-26/h1-20H,21-22H2,(H,37,38,39)(H,40,41,42). The van der Waals surface area contributed by atoms with Crippen LogP contribution in [0, 0.1) is 0 Å². The summed E-state index contributed by atoms with van der Waals surface area (Å²) < 4.78 is 80.6. The van der Waals surface area contributed by atoms with Crippen LogP contribution >= 0.6 is 0 Å². The van der Waals surface area contributed by atoms with Crippen LogP contribution in [0.2, 0.25) is 0 Å². The van der Waals surface area contributed by atoms with Crippen LogP contribution in [0.5, 0.6) is 11.5 Å². The molecule has 0 amide bonds. The Labute approximate surface area is 265 Å². The zero-order chi connectivity index (χ0) is 32.9. The van der Waals surface area contributed by atoms with Crippen molar-refractivity contribution in [3.05, 3.63) is 155 Å². The van der Waals surface area contributed by atoms with E-state index in [1.165, 1.54) is 24.3 Å². The first-order valence-corrected chi connectivity index (χ1v) is 16.5. The normalized spacial score (nSPS) is 11.5. The molecule has 12 heteroatoms. The third kappa shape index (κ3) is 7.56. The van der Waals surface area contributed by atoms with Crippen molar-refractivity contribution >= 4 is 31.8 Å². The molecule has 5 aromatic rings. The number of benzene rings is 5. The monoisotopic (exact) mass is 658 g/mol. The van der Waals surface area contributed by atoms with Crippen molar-refractivity contribution < 1.29 is 45.0 Å². The van der Waals surface area contributed by atoms with Crippen molar-refractivity contribution in [3.63, 3.8) is 0 Å². The maximum atomic E-state index is 12.7. The molecule has 0 bridgehead atoms. The van der Waals surface area contributed by atoms with Gasteiger partial charge in [-0.1, -0.05) is 109 Å². The molecule has 2 N–H and O–H groups in total. The molecule has 0 heterocycles. The smallest absolute Gasteiger partial charge is 0.302 e. The van der Waals surface area contributed by atoms with Crippen molar-refractivity contribution in [3.8, 4) is 11.5 Å². The van der Waals surface area contributed by atoms with Crippen molar-refractivity contribution in [2.45, 2.75) is 23.0 Å². The quantitative estimate of drug-likeness (QED) is 0.124. The minimum Gasteiger partial charge on any atom is -0.487 e. The summed E-state index contributed by atoms with van der Waals surface area (Å²) in [6.45, 7) is -0.630. The predicted octanol–water partition coefficient (Wildman–Crippen LogP) is 5.80. The average molecular weight is 659 g/mol. The largest absolute Gasteiger partial charge is 0.487 e. The molecule has 0 radical (unpaired) electrons. The van der Waals surface area contributed by atoms with E-state index in [1.54, 1.807) is 84.9 Å². The highest BCUT2D eigenvalue weighted by Crippen LogP contribution is 2.39. The molecule has 234 valence electrons. The minimum atomic E-state index is -5.17. The fourth-order valence-electron chi connectivity index (χ4n) is 4.56. The van der Waals surface area contributed by atoms with Crippen LogP contribution in [-0.4, -0.2) is 37.5 Å². The molecule has 0 spiro atoms. The SMILES string of the molecule is O=C(c1ccccc1)c1ccc(COc2ccc(S(=O)(=O)O)c(OCc3ccc(C(=O)c4ccccc4)cc3)c2S(=O)(=O)O)cc1. The predicted molar refractivity (Wildman–Crippen MR) is 167 cm³/mol. The number of ether oxygens (including phenoxy) is 2. The first-order chi connectivity index (χ1) is 21.9.